The largest absolute Gasteiger partial charge is 0.415 e. The molecule has 45 heavy (non-hydrogen) atoms. The molecule has 0 bridgehead atoms. The number of thiazole rings is 1. The van der Waals surface area contributed by atoms with Crippen LogP contribution in [0.5, 0.6) is 5.75 Å². The maximum Gasteiger partial charge on any atom is 0.415 e. The van der Waals surface area contributed by atoms with Gasteiger partial charge < -0.3 is 14.5 Å². The number of nitrogens with zero attached hydrogens (tertiary/aromatic N) is 4. The lowest BCUT2D eigenvalue weighted by Gasteiger charge is -2.32. The Labute approximate surface area is 271 Å². The van der Waals surface area contributed by atoms with Crippen LogP contribution in [0.3, 0.4) is 0 Å². The van der Waals surface area contributed by atoms with Gasteiger partial charge >= 0.3 is 6.09 Å². The molecule has 0 saturated carbocycles. The van der Waals surface area contributed by atoms with Crippen LogP contribution < -0.4 is 4.74 Å². The van der Waals surface area contributed by atoms with Crippen LogP contribution in [0.4, 0.5) is 4.79 Å². The number of hydrogen-bond acceptors (Lipinski definition) is 9. The summed E-state index contributed by atoms with van der Waals surface area (Å²) in [6, 6.07) is 9.83. The number of benzene rings is 2. The molecule has 3 aromatic rings. The van der Waals surface area contributed by atoms with Crippen LogP contribution in [0.1, 0.15) is 53.0 Å². The van der Waals surface area contributed by atoms with Crippen molar-refractivity contribution in [2.24, 2.45) is 10.4 Å². The highest BCUT2D eigenvalue weighted by molar-refractivity contribution is 8.15. The molecular weight excluding hydrogens is 609 g/mol. The Morgan fingerprint density at radius 3 is 2.36 bits per heavy atom. The quantitative estimate of drug-likeness (QED) is 0.259. The highest BCUT2D eigenvalue weighted by Gasteiger charge is 2.37. The first-order valence-electron chi connectivity index (χ1n) is 14.9. The topological polar surface area (TPSA) is 109 Å². The molecule has 2 aromatic carbocycles. The van der Waals surface area contributed by atoms with Gasteiger partial charge in [-0.2, -0.15) is 0 Å². The zero-order valence-electron chi connectivity index (χ0n) is 26.9. The van der Waals surface area contributed by atoms with Crippen LogP contribution in [-0.2, 0) is 14.4 Å². The van der Waals surface area contributed by atoms with E-state index in [-0.39, 0.29) is 37.0 Å². The summed E-state index contributed by atoms with van der Waals surface area (Å²) in [4.78, 5) is 64.3. The van der Waals surface area contributed by atoms with E-state index in [1.165, 1.54) is 4.90 Å². The summed E-state index contributed by atoms with van der Waals surface area (Å²) >= 11 is 3.37. The van der Waals surface area contributed by atoms with Gasteiger partial charge in [-0.3, -0.25) is 19.4 Å². The van der Waals surface area contributed by atoms with Gasteiger partial charge in [0.2, 0.25) is 5.91 Å². The number of fused-ring (bicyclic) bond motifs is 3. The molecule has 0 spiro atoms. The molecule has 1 aliphatic carbocycles. The summed E-state index contributed by atoms with van der Waals surface area (Å²) in [6.07, 6.45) is -0.384. The predicted octanol–water partition coefficient (Wildman–Crippen LogP) is 6.44. The van der Waals surface area contributed by atoms with Crippen molar-refractivity contribution in [3.8, 4) is 5.75 Å². The maximum atomic E-state index is 13.4. The number of aliphatic imine (C=N–C) groups is 1. The molecule has 9 nitrogen and oxygen atoms in total. The third kappa shape index (κ3) is 6.46. The van der Waals surface area contributed by atoms with Gasteiger partial charge in [0.25, 0.3) is 0 Å². The zero-order valence-corrected chi connectivity index (χ0v) is 28.6. The fourth-order valence-electron chi connectivity index (χ4n) is 5.51. The van der Waals surface area contributed by atoms with Gasteiger partial charge in [0.15, 0.2) is 11.6 Å². The first kappa shape index (κ1) is 32.6. The Hall–Kier alpha value is -3.83. The second-order valence-electron chi connectivity index (χ2n) is 12.5. The minimum Gasteiger partial charge on any atom is -0.410 e. The molecule has 0 radical (unpaired) electrons. The lowest BCUT2D eigenvalue weighted by atomic mass is 9.76. The van der Waals surface area contributed by atoms with E-state index in [0.29, 0.717) is 34.1 Å². The molecule has 0 N–H and O–H groups in total. The molecule has 2 amide bonds. The molecule has 2 heterocycles. The summed E-state index contributed by atoms with van der Waals surface area (Å²) in [6.45, 7) is 11.1. The van der Waals surface area contributed by atoms with Gasteiger partial charge in [-0.25, -0.2) is 9.78 Å². The number of carbonyl (C=O) groups excluding carboxylic acids is 4. The molecule has 5 rings (SSSR count). The zero-order chi connectivity index (χ0) is 32.8. The summed E-state index contributed by atoms with van der Waals surface area (Å²) < 4.78 is 6.75. The van der Waals surface area contributed by atoms with Crippen molar-refractivity contribution in [3.63, 3.8) is 0 Å². The van der Waals surface area contributed by atoms with Crippen LogP contribution in [0, 0.1) is 5.41 Å². The Morgan fingerprint density at radius 1 is 0.978 bits per heavy atom. The maximum absolute atomic E-state index is 13.4. The van der Waals surface area contributed by atoms with Crippen molar-refractivity contribution in [1.29, 1.82) is 0 Å². The number of ketones is 2. The second-order valence-corrected chi connectivity index (χ2v) is 14.5. The van der Waals surface area contributed by atoms with E-state index in [1.807, 2.05) is 24.3 Å². The minimum atomic E-state index is -0.928. The van der Waals surface area contributed by atoms with E-state index < -0.39 is 11.5 Å². The molecule has 1 aromatic heterocycles. The number of aromatic nitrogens is 1. The van der Waals surface area contributed by atoms with E-state index in [4.69, 9.17) is 14.7 Å². The molecule has 11 heteroatoms. The highest BCUT2D eigenvalue weighted by atomic mass is 32.2. The monoisotopic (exact) mass is 646 g/mol. The molecular formula is C34H38N4O5S2. The van der Waals surface area contributed by atoms with E-state index in [1.54, 1.807) is 82.8 Å². The SMILES string of the molecule is CC1=C(C)C(=O)C(CC(C)(C)C(=O)N(C)CCN(C)C(=O)Oc2ccc3c(ccc4nc(C5=NC(C)CS5)sc43)c2)=C(C)C1=O. The summed E-state index contributed by atoms with van der Waals surface area (Å²) in [7, 11) is 3.29. The lowest BCUT2D eigenvalue weighted by Crippen LogP contribution is -2.44. The van der Waals surface area contributed by atoms with Crippen molar-refractivity contribution in [3.05, 3.63) is 57.6 Å². The van der Waals surface area contributed by atoms with Crippen LogP contribution in [0.25, 0.3) is 21.0 Å². The number of Topliss-reactive ketones (excluding diaryl/α,β-unsaturated/α-hetero) is 2. The van der Waals surface area contributed by atoms with Crippen molar-refractivity contribution >= 4 is 72.7 Å². The number of thioether (sulfide) groups is 1. The van der Waals surface area contributed by atoms with Crippen LogP contribution in [0.2, 0.25) is 0 Å². The highest BCUT2D eigenvalue weighted by Crippen LogP contribution is 2.36. The Balaban J connectivity index is 1.20. The van der Waals surface area contributed by atoms with E-state index in [0.717, 1.165) is 36.8 Å². The van der Waals surface area contributed by atoms with Gasteiger partial charge in [-0.05, 0) is 63.8 Å². The predicted molar refractivity (Wildman–Crippen MR) is 181 cm³/mol. The van der Waals surface area contributed by atoms with Gasteiger partial charge in [0.1, 0.15) is 15.8 Å². The summed E-state index contributed by atoms with van der Waals surface area (Å²) in [5.74, 6) is 0.876. The minimum absolute atomic E-state index is 0.152. The average molecular weight is 647 g/mol. The molecule has 0 fully saturated rings. The van der Waals surface area contributed by atoms with Gasteiger partial charge in [0, 0.05) is 66.0 Å². The van der Waals surface area contributed by atoms with Gasteiger partial charge in [0.05, 0.1) is 16.3 Å². The molecule has 1 atom stereocenters. The number of allylic oxidation sites excluding steroid dienone is 4. The fraction of sp³-hybridized carbons (Fsp3) is 0.412. The number of rotatable bonds is 8. The molecule has 2 aliphatic rings. The van der Waals surface area contributed by atoms with Crippen LogP contribution >= 0.6 is 23.1 Å². The number of hydrogen-bond donors (Lipinski definition) is 0. The molecule has 1 aliphatic heterocycles. The summed E-state index contributed by atoms with van der Waals surface area (Å²) in [5.41, 5.74) is 1.67. The van der Waals surface area contributed by atoms with Crippen molar-refractivity contribution in [1.82, 2.24) is 14.8 Å². The third-order valence-corrected chi connectivity index (χ3v) is 10.9. The number of amides is 2. The number of carbonyl (C=O) groups is 4. The van der Waals surface area contributed by atoms with Crippen molar-refractivity contribution < 1.29 is 23.9 Å². The van der Waals surface area contributed by atoms with Crippen molar-refractivity contribution in [2.45, 2.75) is 54.0 Å². The van der Waals surface area contributed by atoms with Crippen LogP contribution in [0.15, 0.2) is 57.6 Å². The fourth-order valence-corrected chi connectivity index (χ4v) is 7.70. The smallest absolute Gasteiger partial charge is 0.410 e. The number of likely N-dealkylation sites (N-methyl/N-ethyl adjacent to an activating group) is 2. The van der Waals surface area contributed by atoms with Crippen molar-refractivity contribution in [2.75, 3.05) is 32.9 Å². The molecule has 236 valence electrons. The first-order valence-corrected chi connectivity index (χ1v) is 16.7. The first-order chi connectivity index (χ1) is 21.2. The standard InChI is InChI=1S/C34H38N4O5S2/c1-18-17-44-30(35-18)31-36-26-12-9-22-15-23(10-11-24(22)29(26)45-31)43-33(42)38(8)14-13-37(7)32(41)34(5,6)16-25-21(4)27(39)19(2)20(3)28(25)40/h9-12,15,18H,13-14,16-17H2,1-8H3. The Kier molecular flexibility index (Phi) is 9.06. The molecule has 1 unspecified atom stereocenters. The Morgan fingerprint density at radius 2 is 1.67 bits per heavy atom. The van der Waals surface area contributed by atoms with Gasteiger partial charge in [-0.15, -0.1) is 23.1 Å². The Bertz CT molecular complexity index is 1850. The van der Waals surface area contributed by atoms with E-state index in [2.05, 4.69) is 6.92 Å². The lowest BCUT2D eigenvalue weighted by molar-refractivity contribution is -0.139. The van der Waals surface area contributed by atoms with Gasteiger partial charge in [-0.1, -0.05) is 19.9 Å². The van der Waals surface area contributed by atoms with E-state index in [9.17, 15) is 19.2 Å². The molecule has 0 saturated heterocycles. The van der Waals surface area contributed by atoms with Crippen LogP contribution in [-0.4, -0.2) is 82.4 Å². The third-order valence-electron chi connectivity index (χ3n) is 8.47. The summed E-state index contributed by atoms with van der Waals surface area (Å²) in [5, 5.41) is 3.91. The second kappa shape index (κ2) is 12.5. The number of ether oxygens (including phenoxy) is 1. The van der Waals surface area contributed by atoms with E-state index >= 15 is 0 Å². The average Bonchev–Trinajstić information content (AvgIpc) is 3.65. The normalized spacial score (nSPS) is 17.4.